The highest BCUT2D eigenvalue weighted by atomic mass is 32.2. The van der Waals surface area contributed by atoms with E-state index in [1.165, 1.54) is 24.9 Å². The molecule has 0 saturated carbocycles. The molecule has 1 amide bonds. The number of carbonyl (C=O) groups excluding carboxylic acids is 2. The number of benzene rings is 2. The number of hydrogen-bond donors (Lipinski definition) is 2. The van der Waals surface area contributed by atoms with Gasteiger partial charge >= 0.3 is 24.4 Å². The molecule has 46 heavy (non-hydrogen) atoms. The number of esters is 1. The standard InChI is InChI=1S/C32H40F6N2O5S/c1-20(21-16-23(31(33,34)35)18-24(17-21)32(36,37)38)44-19-30(40-46-29(5,6)7,22-12-10-9-11-13-22)15-14-25(26(41)43-8)39-27(42)45-28(2,3)4/h9-14,16-18,20,40H,15,19H2,1-8H3,(H,39,42)/b25-14-/t20-,30-/m1/s1. The van der Waals surface area contributed by atoms with Gasteiger partial charge in [0.2, 0.25) is 0 Å². The van der Waals surface area contributed by atoms with E-state index in [2.05, 4.69) is 10.0 Å². The molecule has 0 aliphatic rings. The molecule has 0 aliphatic carbocycles. The quantitative estimate of drug-likeness (QED) is 0.106. The molecule has 0 saturated heterocycles. The van der Waals surface area contributed by atoms with Gasteiger partial charge in [-0.1, -0.05) is 48.4 Å². The summed E-state index contributed by atoms with van der Waals surface area (Å²) >= 11 is 1.30. The van der Waals surface area contributed by atoms with Gasteiger partial charge in [0.25, 0.3) is 0 Å². The fourth-order valence-corrected chi connectivity index (χ4v) is 4.72. The van der Waals surface area contributed by atoms with Crippen LogP contribution in [0.2, 0.25) is 0 Å². The number of hydrogen-bond acceptors (Lipinski definition) is 7. The number of rotatable bonds is 11. The monoisotopic (exact) mass is 678 g/mol. The molecule has 2 atom stereocenters. The number of methoxy groups -OCH3 is 1. The van der Waals surface area contributed by atoms with Crippen LogP contribution in [-0.4, -0.2) is 36.1 Å². The third kappa shape index (κ3) is 12.2. The summed E-state index contributed by atoms with van der Waals surface area (Å²) in [5.41, 5.74) is -4.97. The smallest absolute Gasteiger partial charge is 0.416 e. The molecule has 256 valence electrons. The fourth-order valence-electron chi connectivity index (χ4n) is 3.96. The van der Waals surface area contributed by atoms with E-state index >= 15 is 0 Å². The van der Waals surface area contributed by atoms with Crippen molar-refractivity contribution >= 4 is 24.0 Å². The van der Waals surface area contributed by atoms with Crippen LogP contribution in [0.5, 0.6) is 0 Å². The van der Waals surface area contributed by atoms with E-state index in [0.29, 0.717) is 17.7 Å². The summed E-state index contributed by atoms with van der Waals surface area (Å²) in [5, 5.41) is 2.39. The predicted octanol–water partition coefficient (Wildman–Crippen LogP) is 8.71. The van der Waals surface area contributed by atoms with Crippen molar-refractivity contribution in [3.05, 3.63) is 82.6 Å². The van der Waals surface area contributed by atoms with Crippen molar-refractivity contribution in [2.75, 3.05) is 13.7 Å². The van der Waals surface area contributed by atoms with Gasteiger partial charge in [0.1, 0.15) is 11.3 Å². The Morgan fingerprint density at radius 3 is 1.87 bits per heavy atom. The van der Waals surface area contributed by atoms with Crippen molar-refractivity contribution in [2.24, 2.45) is 0 Å². The van der Waals surface area contributed by atoms with Crippen molar-refractivity contribution in [3.8, 4) is 0 Å². The highest BCUT2D eigenvalue weighted by Gasteiger charge is 2.39. The summed E-state index contributed by atoms with van der Waals surface area (Å²) in [4.78, 5) is 25.2. The summed E-state index contributed by atoms with van der Waals surface area (Å²) in [5.74, 6) is -0.880. The molecule has 14 heteroatoms. The number of carbonyl (C=O) groups is 2. The van der Waals surface area contributed by atoms with Gasteiger partial charge in [-0.15, -0.1) is 0 Å². The second-order valence-electron chi connectivity index (χ2n) is 12.5. The summed E-state index contributed by atoms with van der Waals surface area (Å²) in [7, 11) is 1.13. The summed E-state index contributed by atoms with van der Waals surface area (Å²) in [6, 6.07) is 10.1. The fraction of sp³-hybridized carbons (Fsp3) is 0.500. The van der Waals surface area contributed by atoms with Crippen LogP contribution in [0.1, 0.15) is 83.2 Å². The van der Waals surface area contributed by atoms with Crippen molar-refractivity contribution in [3.63, 3.8) is 0 Å². The summed E-state index contributed by atoms with van der Waals surface area (Å²) in [6.45, 7) is 11.8. The van der Waals surface area contributed by atoms with Crippen molar-refractivity contribution in [2.45, 2.75) is 89.2 Å². The molecule has 2 aromatic rings. The van der Waals surface area contributed by atoms with Crippen molar-refractivity contribution in [1.82, 2.24) is 10.0 Å². The molecule has 0 aromatic heterocycles. The lowest BCUT2D eigenvalue weighted by atomic mass is 9.87. The first-order valence-electron chi connectivity index (χ1n) is 14.2. The minimum absolute atomic E-state index is 0.0521. The van der Waals surface area contributed by atoms with Crippen LogP contribution in [0.25, 0.3) is 0 Å². The van der Waals surface area contributed by atoms with E-state index < -0.39 is 52.8 Å². The molecule has 0 unspecified atom stereocenters. The minimum atomic E-state index is -5.02. The normalized spacial score (nSPS) is 15.1. The molecule has 0 aliphatic heterocycles. The van der Waals surface area contributed by atoms with Crippen LogP contribution in [0, 0.1) is 0 Å². The maximum Gasteiger partial charge on any atom is 0.416 e. The van der Waals surface area contributed by atoms with Crippen LogP contribution in [-0.2, 0) is 36.9 Å². The minimum Gasteiger partial charge on any atom is -0.464 e. The van der Waals surface area contributed by atoms with Gasteiger partial charge in [-0.05, 0) is 84.2 Å². The zero-order chi connectivity index (χ0) is 35.1. The van der Waals surface area contributed by atoms with Crippen LogP contribution in [0.15, 0.2) is 60.3 Å². The lowest BCUT2D eigenvalue weighted by Crippen LogP contribution is -2.45. The molecule has 0 bridgehead atoms. The first-order valence-corrected chi connectivity index (χ1v) is 15.0. The molecular formula is C32H40F6N2O5S. The van der Waals surface area contributed by atoms with Crippen LogP contribution in [0.3, 0.4) is 0 Å². The lowest BCUT2D eigenvalue weighted by Gasteiger charge is -2.37. The Kier molecular flexibility index (Phi) is 12.8. The first kappa shape index (κ1) is 39.0. The van der Waals surface area contributed by atoms with E-state index in [0.717, 1.165) is 7.11 Å². The molecule has 2 rings (SSSR count). The van der Waals surface area contributed by atoms with Gasteiger partial charge in [0, 0.05) is 4.75 Å². The molecule has 7 nitrogen and oxygen atoms in total. The van der Waals surface area contributed by atoms with Gasteiger partial charge in [-0.2, -0.15) is 26.3 Å². The molecule has 2 N–H and O–H groups in total. The second kappa shape index (κ2) is 15.1. The number of halogens is 6. The Labute approximate surface area is 269 Å². The maximum atomic E-state index is 13.6. The van der Waals surface area contributed by atoms with E-state index in [1.54, 1.807) is 51.1 Å². The largest absolute Gasteiger partial charge is 0.464 e. The SMILES string of the molecule is COC(=O)/C(=C/C[C@](CO[C@H](C)c1cc(C(F)(F)F)cc(C(F)(F)F)c1)(NSC(C)(C)C)c1ccccc1)NC(=O)OC(C)(C)C. The van der Waals surface area contributed by atoms with Gasteiger partial charge in [0.05, 0.1) is 36.5 Å². The van der Waals surface area contributed by atoms with E-state index in [1.807, 2.05) is 20.8 Å². The number of alkyl carbamates (subject to hydrolysis) is 1. The number of amides is 1. The third-order valence-corrected chi connectivity index (χ3v) is 7.34. The number of alkyl halides is 6. The van der Waals surface area contributed by atoms with Crippen LogP contribution >= 0.6 is 11.9 Å². The Morgan fingerprint density at radius 1 is 0.870 bits per heavy atom. The Morgan fingerprint density at radius 2 is 1.41 bits per heavy atom. The van der Waals surface area contributed by atoms with Crippen molar-refractivity contribution in [1.29, 1.82) is 0 Å². The Bertz CT molecular complexity index is 1340. The predicted molar refractivity (Wildman–Crippen MR) is 163 cm³/mol. The zero-order valence-electron chi connectivity index (χ0n) is 26.9. The molecule has 0 fully saturated rings. The highest BCUT2D eigenvalue weighted by Crippen LogP contribution is 2.39. The number of nitrogens with one attached hydrogen (secondary N) is 2. The first-order chi connectivity index (χ1) is 21.0. The molecule has 2 aromatic carbocycles. The molecular weight excluding hydrogens is 638 g/mol. The van der Waals surface area contributed by atoms with E-state index in [9.17, 15) is 35.9 Å². The Hall–Kier alpha value is -3.23. The van der Waals surface area contributed by atoms with Gasteiger partial charge in [-0.3, -0.25) is 10.0 Å². The summed E-state index contributed by atoms with van der Waals surface area (Å²) < 4.78 is 100. The number of ether oxygens (including phenoxy) is 3. The summed E-state index contributed by atoms with van der Waals surface area (Å²) in [6.07, 6.45) is -10.9. The second-order valence-corrected chi connectivity index (χ2v) is 14.1. The Balaban J connectivity index is 2.62. The van der Waals surface area contributed by atoms with Crippen molar-refractivity contribution < 1.29 is 50.1 Å². The zero-order valence-corrected chi connectivity index (χ0v) is 27.7. The van der Waals surface area contributed by atoms with Gasteiger partial charge in [-0.25, -0.2) is 9.59 Å². The lowest BCUT2D eigenvalue weighted by molar-refractivity contribution is -0.143. The third-order valence-electron chi connectivity index (χ3n) is 6.23. The van der Waals surface area contributed by atoms with Crippen LogP contribution in [0.4, 0.5) is 31.1 Å². The van der Waals surface area contributed by atoms with Crippen LogP contribution < -0.4 is 10.0 Å². The van der Waals surface area contributed by atoms with Gasteiger partial charge in [0.15, 0.2) is 0 Å². The van der Waals surface area contributed by atoms with E-state index in [-0.39, 0.29) is 35.1 Å². The average molecular weight is 679 g/mol. The molecule has 0 heterocycles. The molecule has 0 radical (unpaired) electrons. The average Bonchev–Trinajstić information content (AvgIpc) is 2.93. The molecule has 0 spiro atoms. The van der Waals surface area contributed by atoms with E-state index in [4.69, 9.17) is 14.2 Å². The highest BCUT2D eigenvalue weighted by molar-refractivity contribution is 7.98. The topological polar surface area (TPSA) is 85.9 Å². The maximum absolute atomic E-state index is 13.6. The van der Waals surface area contributed by atoms with Gasteiger partial charge < -0.3 is 14.2 Å².